The smallest absolute Gasteiger partial charge is 0.248 e. The van der Waals surface area contributed by atoms with Crippen LogP contribution in [0.25, 0.3) is 0 Å². The zero-order chi connectivity index (χ0) is 13.1. The van der Waals surface area contributed by atoms with Gasteiger partial charge in [0.15, 0.2) is 0 Å². The Hall–Kier alpha value is -1.88. The van der Waals surface area contributed by atoms with Crippen LogP contribution in [0.3, 0.4) is 0 Å². The molecule has 0 spiro atoms. The Balaban J connectivity index is 2.07. The normalized spacial score (nSPS) is 22.7. The molecule has 1 saturated heterocycles. The van der Waals surface area contributed by atoms with Gasteiger partial charge in [0.25, 0.3) is 0 Å². The van der Waals surface area contributed by atoms with Crippen LogP contribution in [0.5, 0.6) is 0 Å². The van der Waals surface area contributed by atoms with E-state index < -0.39 is 5.91 Å². The van der Waals surface area contributed by atoms with Crippen molar-refractivity contribution < 1.29 is 9.59 Å². The Morgan fingerprint density at radius 2 is 2.17 bits per heavy atom. The zero-order valence-corrected chi connectivity index (χ0v) is 10.3. The predicted molar refractivity (Wildman–Crippen MR) is 69.1 cm³/mol. The molecule has 1 aliphatic rings. The van der Waals surface area contributed by atoms with E-state index in [9.17, 15) is 9.59 Å². The molecule has 0 aliphatic carbocycles. The number of primary amides is 1. The summed E-state index contributed by atoms with van der Waals surface area (Å²) < 4.78 is 0. The van der Waals surface area contributed by atoms with Crippen LogP contribution < -0.4 is 16.4 Å². The van der Waals surface area contributed by atoms with E-state index in [0.29, 0.717) is 23.7 Å². The van der Waals surface area contributed by atoms with Gasteiger partial charge in [0, 0.05) is 17.8 Å². The van der Waals surface area contributed by atoms with Crippen molar-refractivity contribution >= 4 is 17.5 Å². The van der Waals surface area contributed by atoms with Crippen molar-refractivity contribution in [2.24, 2.45) is 17.6 Å². The van der Waals surface area contributed by atoms with E-state index in [1.54, 1.807) is 24.3 Å². The summed E-state index contributed by atoms with van der Waals surface area (Å²) in [5.74, 6) is -0.220. The lowest BCUT2D eigenvalue weighted by molar-refractivity contribution is -0.120. The van der Waals surface area contributed by atoms with Crippen molar-refractivity contribution in [1.29, 1.82) is 0 Å². The molecular weight excluding hydrogens is 230 g/mol. The van der Waals surface area contributed by atoms with Crippen LogP contribution in [0, 0.1) is 11.8 Å². The fraction of sp³-hybridized carbons (Fsp3) is 0.385. The molecule has 1 aliphatic heterocycles. The number of hydrogen-bond donors (Lipinski definition) is 3. The molecule has 1 aromatic rings. The molecule has 0 radical (unpaired) electrons. The molecule has 2 amide bonds. The molecule has 1 heterocycles. The fourth-order valence-electron chi connectivity index (χ4n) is 2.15. The molecule has 2 atom stereocenters. The van der Waals surface area contributed by atoms with Crippen LogP contribution in [0.1, 0.15) is 17.3 Å². The van der Waals surface area contributed by atoms with Crippen molar-refractivity contribution in [2.45, 2.75) is 6.92 Å². The van der Waals surface area contributed by atoms with Gasteiger partial charge in [0.1, 0.15) is 0 Å². The summed E-state index contributed by atoms with van der Waals surface area (Å²) in [4.78, 5) is 23.1. The van der Waals surface area contributed by atoms with Gasteiger partial charge in [-0.15, -0.1) is 0 Å². The Morgan fingerprint density at radius 3 is 2.78 bits per heavy atom. The third-order valence-electron chi connectivity index (χ3n) is 3.27. The summed E-state index contributed by atoms with van der Waals surface area (Å²) in [5, 5.41) is 6.01. The van der Waals surface area contributed by atoms with Crippen LogP contribution in [0.2, 0.25) is 0 Å². The number of amides is 2. The molecule has 0 aromatic heterocycles. The monoisotopic (exact) mass is 247 g/mol. The molecule has 0 saturated carbocycles. The number of carbonyl (C=O) groups is 2. The highest BCUT2D eigenvalue weighted by Gasteiger charge is 2.29. The highest BCUT2D eigenvalue weighted by molar-refractivity contribution is 5.97. The lowest BCUT2D eigenvalue weighted by Crippen LogP contribution is -2.28. The molecule has 2 unspecified atom stereocenters. The number of nitrogens with two attached hydrogens (primary N) is 1. The first kappa shape index (κ1) is 12.6. The third kappa shape index (κ3) is 2.68. The highest BCUT2D eigenvalue weighted by Crippen LogP contribution is 2.19. The van der Waals surface area contributed by atoms with Gasteiger partial charge in [-0.1, -0.05) is 13.0 Å². The molecule has 1 fully saturated rings. The maximum atomic E-state index is 12.0. The van der Waals surface area contributed by atoms with Gasteiger partial charge in [-0.05, 0) is 30.7 Å². The van der Waals surface area contributed by atoms with E-state index in [1.807, 2.05) is 6.92 Å². The first-order valence-corrected chi connectivity index (χ1v) is 5.99. The maximum absolute atomic E-state index is 12.0. The maximum Gasteiger partial charge on any atom is 0.248 e. The van der Waals surface area contributed by atoms with E-state index in [4.69, 9.17) is 5.73 Å². The predicted octanol–water partition coefficient (Wildman–Crippen LogP) is 0.579. The number of benzene rings is 1. The first-order chi connectivity index (χ1) is 8.58. The van der Waals surface area contributed by atoms with Crippen molar-refractivity contribution in [2.75, 3.05) is 18.4 Å². The molecule has 5 heteroatoms. The van der Waals surface area contributed by atoms with E-state index in [1.165, 1.54) is 0 Å². The number of carbonyl (C=O) groups excluding carboxylic acids is 2. The fourth-order valence-corrected chi connectivity index (χ4v) is 2.15. The first-order valence-electron chi connectivity index (χ1n) is 5.99. The van der Waals surface area contributed by atoms with Crippen molar-refractivity contribution in [3.8, 4) is 0 Å². The number of hydrogen-bond acceptors (Lipinski definition) is 3. The van der Waals surface area contributed by atoms with Crippen LogP contribution >= 0.6 is 0 Å². The molecule has 2 rings (SSSR count). The van der Waals surface area contributed by atoms with Gasteiger partial charge in [0.05, 0.1) is 5.92 Å². The summed E-state index contributed by atoms with van der Waals surface area (Å²) in [6.07, 6.45) is 0. The minimum absolute atomic E-state index is 0.0193. The Labute approximate surface area is 106 Å². The highest BCUT2D eigenvalue weighted by atomic mass is 16.2. The van der Waals surface area contributed by atoms with Crippen LogP contribution in [-0.2, 0) is 4.79 Å². The average Bonchev–Trinajstić information content (AvgIpc) is 2.76. The summed E-state index contributed by atoms with van der Waals surface area (Å²) >= 11 is 0. The molecule has 4 N–H and O–H groups in total. The molecular formula is C13H17N3O2. The van der Waals surface area contributed by atoms with Gasteiger partial charge < -0.3 is 16.4 Å². The topological polar surface area (TPSA) is 84.2 Å². The number of anilines is 1. The van der Waals surface area contributed by atoms with Crippen molar-refractivity contribution in [3.05, 3.63) is 29.8 Å². The molecule has 0 bridgehead atoms. The summed E-state index contributed by atoms with van der Waals surface area (Å²) in [6.45, 7) is 3.60. The third-order valence-corrected chi connectivity index (χ3v) is 3.27. The van der Waals surface area contributed by atoms with E-state index in [0.717, 1.165) is 6.54 Å². The summed E-state index contributed by atoms with van der Waals surface area (Å²) in [6, 6.07) is 6.66. The largest absolute Gasteiger partial charge is 0.366 e. The standard InChI is InChI=1S/C13H17N3O2/c1-8-6-15-7-11(8)13(18)16-10-4-2-3-9(5-10)12(14)17/h2-5,8,11,15H,6-7H2,1H3,(H2,14,17)(H,16,18). The zero-order valence-electron chi connectivity index (χ0n) is 10.3. The van der Waals surface area contributed by atoms with Crippen LogP contribution in [0.15, 0.2) is 24.3 Å². The Bertz CT molecular complexity index is 473. The minimum Gasteiger partial charge on any atom is -0.366 e. The summed E-state index contributed by atoms with van der Waals surface area (Å²) in [5.41, 5.74) is 6.20. The Morgan fingerprint density at radius 1 is 1.39 bits per heavy atom. The average molecular weight is 247 g/mol. The molecule has 18 heavy (non-hydrogen) atoms. The second kappa shape index (κ2) is 5.18. The lowest BCUT2D eigenvalue weighted by Gasteiger charge is -2.14. The van der Waals surface area contributed by atoms with Crippen molar-refractivity contribution in [3.63, 3.8) is 0 Å². The molecule has 5 nitrogen and oxygen atoms in total. The van der Waals surface area contributed by atoms with Gasteiger partial charge in [-0.25, -0.2) is 0 Å². The summed E-state index contributed by atoms with van der Waals surface area (Å²) in [7, 11) is 0. The SMILES string of the molecule is CC1CNCC1C(=O)Nc1cccc(C(N)=O)c1. The number of nitrogens with one attached hydrogen (secondary N) is 2. The van der Waals surface area contributed by atoms with Gasteiger partial charge in [-0.2, -0.15) is 0 Å². The van der Waals surface area contributed by atoms with Crippen molar-refractivity contribution in [1.82, 2.24) is 5.32 Å². The second-order valence-corrected chi connectivity index (χ2v) is 4.68. The quantitative estimate of drug-likeness (QED) is 0.730. The van der Waals surface area contributed by atoms with Crippen LogP contribution in [0.4, 0.5) is 5.69 Å². The van der Waals surface area contributed by atoms with E-state index >= 15 is 0 Å². The van der Waals surface area contributed by atoms with E-state index in [2.05, 4.69) is 10.6 Å². The molecule has 1 aromatic carbocycles. The lowest BCUT2D eigenvalue weighted by atomic mass is 9.97. The Kier molecular flexibility index (Phi) is 3.62. The minimum atomic E-state index is -0.498. The van der Waals surface area contributed by atoms with Gasteiger partial charge in [0.2, 0.25) is 11.8 Å². The van der Waals surface area contributed by atoms with E-state index in [-0.39, 0.29) is 11.8 Å². The second-order valence-electron chi connectivity index (χ2n) is 4.68. The molecule has 96 valence electrons. The van der Waals surface area contributed by atoms with Gasteiger partial charge >= 0.3 is 0 Å². The van der Waals surface area contributed by atoms with Crippen LogP contribution in [-0.4, -0.2) is 24.9 Å². The number of rotatable bonds is 3. The van der Waals surface area contributed by atoms with Gasteiger partial charge in [-0.3, -0.25) is 9.59 Å².